The summed E-state index contributed by atoms with van der Waals surface area (Å²) in [7, 11) is 0. The molecule has 106 valence electrons. The summed E-state index contributed by atoms with van der Waals surface area (Å²) in [4.78, 5) is 22.4. The van der Waals surface area contributed by atoms with Crippen molar-refractivity contribution in [2.24, 2.45) is 11.8 Å². The molecule has 0 aromatic heterocycles. The summed E-state index contributed by atoms with van der Waals surface area (Å²) >= 11 is 0. The van der Waals surface area contributed by atoms with Crippen molar-refractivity contribution in [2.45, 2.75) is 40.5 Å². The molecular formula is C13H25NO4. The summed E-state index contributed by atoms with van der Waals surface area (Å²) in [6, 6.07) is 0. The Morgan fingerprint density at radius 2 is 1.56 bits per heavy atom. The van der Waals surface area contributed by atoms with Crippen LogP contribution >= 0.6 is 0 Å². The Hall–Kier alpha value is -1.26. The minimum atomic E-state index is -0.431. The number of hydrogen-bond donors (Lipinski definition) is 1. The normalized spacial score (nSPS) is 10.6. The van der Waals surface area contributed by atoms with Gasteiger partial charge in [0.25, 0.3) is 0 Å². The number of rotatable bonds is 8. The summed E-state index contributed by atoms with van der Waals surface area (Å²) in [5.41, 5.74) is 0. The Morgan fingerprint density at radius 1 is 1.00 bits per heavy atom. The van der Waals surface area contributed by atoms with Gasteiger partial charge < -0.3 is 14.8 Å². The number of esters is 1. The number of carbonyl (C=O) groups excluding carboxylic acids is 2. The van der Waals surface area contributed by atoms with Crippen molar-refractivity contribution in [3.8, 4) is 0 Å². The smallest absolute Gasteiger partial charge is 0.407 e. The van der Waals surface area contributed by atoms with Crippen LogP contribution in [-0.2, 0) is 14.3 Å². The molecule has 1 amide bonds. The molecule has 1 N–H and O–H groups in total. The molecule has 5 nitrogen and oxygen atoms in total. The lowest BCUT2D eigenvalue weighted by molar-refractivity contribution is -0.144. The van der Waals surface area contributed by atoms with Gasteiger partial charge in [0.2, 0.25) is 0 Å². The second kappa shape index (κ2) is 9.74. The maximum absolute atomic E-state index is 11.2. The van der Waals surface area contributed by atoms with Crippen LogP contribution in [0.15, 0.2) is 0 Å². The molecule has 0 atom stereocenters. The largest absolute Gasteiger partial charge is 0.465 e. The van der Waals surface area contributed by atoms with Crippen LogP contribution in [-0.4, -0.2) is 31.8 Å². The van der Waals surface area contributed by atoms with Gasteiger partial charge in [-0.3, -0.25) is 4.79 Å². The van der Waals surface area contributed by atoms with E-state index in [-0.39, 0.29) is 5.97 Å². The maximum Gasteiger partial charge on any atom is 0.407 e. The number of carbonyl (C=O) groups is 2. The van der Waals surface area contributed by atoms with E-state index in [1.54, 1.807) is 0 Å². The van der Waals surface area contributed by atoms with Gasteiger partial charge in [-0.25, -0.2) is 4.79 Å². The second-order valence-corrected chi connectivity index (χ2v) is 5.10. The first-order chi connectivity index (χ1) is 8.41. The van der Waals surface area contributed by atoms with E-state index in [2.05, 4.69) is 5.32 Å². The molecule has 0 saturated heterocycles. The first-order valence-electron chi connectivity index (χ1n) is 6.48. The van der Waals surface area contributed by atoms with Crippen molar-refractivity contribution in [2.75, 3.05) is 19.8 Å². The minimum absolute atomic E-state index is 0.221. The highest BCUT2D eigenvalue weighted by Gasteiger charge is 2.06. The van der Waals surface area contributed by atoms with Crippen molar-refractivity contribution < 1.29 is 19.1 Å². The van der Waals surface area contributed by atoms with Gasteiger partial charge in [-0.05, 0) is 18.3 Å². The molecule has 0 bridgehead atoms. The number of ether oxygens (including phenoxy) is 2. The molecule has 0 spiro atoms. The highest BCUT2D eigenvalue weighted by molar-refractivity contribution is 5.69. The molecule has 0 aliphatic carbocycles. The third-order valence-electron chi connectivity index (χ3n) is 1.95. The Morgan fingerprint density at radius 3 is 2.11 bits per heavy atom. The molecule has 0 aromatic rings. The van der Waals surface area contributed by atoms with E-state index < -0.39 is 6.09 Å². The predicted molar refractivity (Wildman–Crippen MR) is 69.2 cm³/mol. The van der Waals surface area contributed by atoms with Gasteiger partial charge in [-0.15, -0.1) is 0 Å². The average Bonchev–Trinajstić information content (AvgIpc) is 2.29. The van der Waals surface area contributed by atoms with E-state index in [1.807, 2.05) is 27.7 Å². The Balaban J connectivity index is 3.44. The summed E-state index contributed by atoms with van der Waals surface area (Å²) in [5, 5.41) is 2.59. The maximum atomic E-state index is 11.2. The first-order valence-corrected chi connectivity index (χ1v) is 6.48. The van der Waals surface area contributed by atoms with Crippen LogP contribution in [0.2, 0.25) is 0 Å². The van der Waals surface area contributed by atoms with Crippen molar-refractivity contribution >= 4 is 12.1 Å². The van der Waals surface area contributed by atoms with Crippen molar-refractivity contribution in [3.05, 3.63) is 0 Å². The number of nitrogens with one attached hydrogen (secondary N) is 1. The number of amides is 1. The predicted octanol–water partition coefficient (Wildman–Crippen LogP) is 2.35. The third-order valence-corrected chi connectivity index (χ3v) is 1.95. The van der Waals surface area contributed by atoms with Gasteiger partial charge in [0.1, 0.15) is 0 Å². The molecule has 5 heteroatoms. The Kier molecular flexibility index (Phi) is 9.06. The molecule has 0 aromatic carbocycles. The highest BCUT2D eigenvalue weighted by Crippen LogP contribution is 1.97. The van der Waals surface area contributed by atoms with Gasteiger partial charge in [0.15, 0.2) is 0 Å². The molecular weight excluding hydrogens is 234 g/mol. The summed E-state index contributed by atoms with van der Waals surface area (Å²) in [6.45, 7) is 9.19. The van der Waals surface area contributed by atoms with E-state index in [1.165, 1.54) is 0 Å². The Labute approximate surface area is 109 Å². The summed E-state index contributed by atoms with van der Waals surface area (Å²) in [6.07, 6.45) is 0.449. The fourth-order valence-corrected chi connectivity index (χ4v) is 1.05. The minimum Gasteiger partial charge on any atom is -0.465 e. The van der Waals surface area contributed by atoms with E-state index in [4.69, 9.17) is 9.47 Å². The number of hydrogen-bond acceptors (Lipinski definition) is 4. The third kappa shape index (κ3) is 11.2. The van der Waals surface area contributed by atoms with Crippen LogP contribution in [0.5, 0.6) is 0 Å². The molecule has 0 rings (SSSR count). The fourth-order valence-electron chi connectivity index (χ4n) is 1.05. The van der Waals surface area contributed by atoms with Gasteiger partial charge in [-0.1, -0.05) is 27.7 Å². The lowest BCUT2D eigenvalue weighted by Gasteiger charge is -2.09. The first kappa shape index (κ1) is 16.7. The van der Waals surface area contributed by atoms with Crippen molar-refractivity contribution in [1.82, 2.24) is 5.32 Å². The average molecular weight is 259 g/mol. The number of alkyl carbamates (subject to hydrolysis) is 1. The SMILES string of the molecule is CC(C)COC(=O)CCCNC(=O)OCC(C)C. The zero-order valence-corrected chi connectivity index (χ0v) is 11.8. The monoisotopic (exact) mass is 259 g/mol. The van der Waals surface area contributed by atoms with Crippen LogP contribution in [0, 0.1) is 11.8 Å². The lowest BCUT2D eigenvalue weighted by atomic mass is 10.2. The van der Waals surface area contributed by atoms with Crippen LogP contribution in [0.4, 0.5) is 4.79 Å². The summed E-state index contributed by atoms with van der Waals surface area (Å²) in [5.74, 6) is 0.445. The van der Waals surface area contributed by atoms with Crippen LogP contribution in [0.3, 0.4) is 0 Å². The molecule has 0 heterocycles. The van der Waals surface area contributed by atoms with E-state index in [9.17, 15) is 9.59 Å². The standard InChI is InChI=1S/C13H25NO4/c1-10(2)8-17-12(15)6-5-7-14-13(16)18-9-11(3)4/h10-11H,5-9H2,1-4H3,(H,14,16). The van der Waals surface area contributed by atoms with E-state index in [0.29, 0.717) is 44.4 Å². The molecule has 0 fully saturated rings. The van der Waals surface area contributed by atoms with Gasteiger partial charge >= 0.3 is 12.1 Å². The van der Waals surface area contributed by atoms with E-state index >= 15 is 0 Å². The highest BCUT2D eigenvalue weighted by atomic mass is 16.5. The van der Waals surface area contributed by atoms with Crippen molar-refractivity contribution in [1.29, 1.82) is 0 Å². The van der Waals surface area contributed by atoms with Crippen LogP contribution < -0.4 is 5.32 Å². The fraction of sp³-hybridized carbons (Fsp3) is 0.846. The zero-order chi connectivity index (χ0) is 14.0. The lowest BCUT2D eigenvalue weighted by Crippen LogP contribution is -2.27. The van der Waals surface area contributed by atoms with Gasteiger partial charge in [-0.2, -0.15) is 0 Å². The molecule has 0 saturated carbocycles. The van der Waals surface area contributed by atoms with Gasteiger partial charge in [0.05, 0.1) is 13.2 Å². The Bertz CT molecular complexity index is 225. The van der Waals surface area contributed by atoms with Crippen molar-refractivity contribution in [3.63, 3.8) is 0 Å². The molecule has 0 radical (unpaired) electrons. The van der Waals surface area contributed by atoms with E-state index in [0.717, 1.165) is 0 Å². The topological polar surface area (TPSA) is 64.6 Å². The van der Waals surface area contributed by atoms with Crippen LogP contribution in [0.25, 0.3) is 0 Å². The second-order valence-electron chi connectivity index (χ2n) is 5.10. The summed E-state index contributed by atoms with van der Waals surface area (Å²) < 4.78 is 9.93. The molecule has 0 unspecified atom stereocenters. The molecule has 0 aliphatic heterocycles. The quantitative estimate of drug-likeness (QED) is 0.537. The molecule has 0 aliphatic rings. The zero-order valence-electron chi connectivity index (χ0n) is 11.8. The van der Waals surface area contributed by atoms with Crippen LogP contribution in [0.1, 0.15) is 40.5 Å². The molecule has 18 heavy (non-hydrogen) atoms. The van der Waals surface area contributed by atoms with Gasteiger partial charge in [0, 0.05) is 13.0 Å².